The quantitative estimate of drug-likeness (QED) is 0.612. The van der Waals surface area contributed by atoms with Gasteiger partial charge in [0.05, 0.1) is 11.3 Å². The molecule has 0 saturated heterocycles. The van der Waals surface area contributed by atoms with Crippen molar-refractivity contribution in [3.63, 3.8) is 0 Å². The lowest BCUT2D eigenvalue weighted by molar-refractivity contribution is -0.120. The van der Waals surface area contributed by atoms with Crippen molar-refractivity contribution in [1.82, 2.24) is 0 Å². The van der Waals surface area contributed by atoms with Crippen molar-refractivity contribution in [2.75, 3.05) is 15.5 Å². The molecule has 4 rings (SSSR count). The van der Waals surface area contributed by atoms with Gasteiger partial charge in [0.1, 0.15) is 5.70 Å². The Hall–Kier alpha value is -4.19. The van der Waals surface area contributed by atoms with Gasteiger partial charge in [0.15, 0.2) is 0 Å². The van der Waals surface area contributed by atoms with Crippen LogP contribution in [-0.2, 0) is 14.4 Å². The first-order valence-corrected chi connectivity index (χ1v) is 9.84. The Kier molecular flexibility index (Phi) is 5.37. The summed E-state index contributed by atoms with van der Waals surface area (Å²) in [6.45, 7) is 3.30. The maximum absolute atomic E-state index is 13.4. The second-order valence-corrected chi connectivity index (χ2v) is 7.23. The van der Waals surface area contributed by atoms with Crippen molar-refractivity contribution in [3.8, 4) is 0 Å². The zero-order valence-corrected chi connectivity index (χ0v) is 17.2. The van der Waals surface area contributed by atoms with Crippen LogP contribution >= 0.6 is 0 Å². The molecule has 3 amide bonds. The second-order valence-electron chi connectivity index (χ2n) is 7.23. The van der Waals surface area contributed by atoms with Gasteiger partial charge < -0.3 is 10.6 Å². The first kappa shape index (κ1) is 20.1. The van der Waals surface area contributed by atoms with E-state index in [2.05, 4.69) is 10.6 Å². The van der Waals surface area contributed by atoms with Crippen LogP contribution in [0.5, 0.6) is 0 Å². The number of nitrogens with zero attached hydrogens (tertiary/aromatic N) is 1. The number of nitrogens with one attached hydrogen (secondary N) is 2. The van der Waals surface area contributed by atoms with E-state index in [1.807, 2.05) is 49.4 Å². The normalized spacial score (nSPS) is 13.5. The van der Waals surface area contributed by atoms with Crippen LogP contribution in [-0.4, -0.2) is 17.7 Å². The molecular weight excluding hydrogens is 390 g/mol. The van der Waals surface area contributed by atoms with E-state index in [-0.39, 0.29) is 17.5 Å². The van der Waals surface area contributed by atoms with Crippen LogP contribution in [0.1, 0.15) is 18.1 Å². The number of imide groups is 1. The molecule has 2 N–H and O–H groups in total. The molecule has 6 heteroatoms. The molecule has 0 spiro atoms. The highest BCUT2D eigenvalue weighted by atomic mass is 16.2. The summed E-state index contributed by atoms with van der Waals surface area (Å²) in [5.74, 6) is -0.952. The molecule has 0 aliphatic carbocycles. The first-order chi connectivity index (χ1) is 15.0. The molecule has 31 heavy (non-hydrogen) atoms. The van der Waals surface area contributed by atoms with Crippen molar-refractivity contribution in [3.05, 3.63) is 95.7 Å². The van der Waals surface area contributed by atoms with Crippen LogP contribution < -0.4 is 15.5 Å². The molecule has 0 saturated carbocycles. The summed E-state index contributed by atoms with van der Waals surface area (Å²) in [6.07, 6.45) is 0. The number of amides is 3. The lowest BCUT2D eigenvalue weighted by atomic mass is 10.0. The Balaban J connectivity index is 1.75. The Bertz CT molecular complexity index is 1200. The molecule has 3 aromatic carbocycles. The summed E-state index contributed by atoms with van der Waals surface area (Å²) >= 11 is 0. The minimum absolute atomic E-state index is 0.166. The van der Waals surface area contributed by atoms with E-state index in [0.717, 1.165) is 5.56 Å². The van der Waals surface area contributed by atoms with E-state index >= 15 is 0 Å². The van der Waals surface area contributed by atoms with Gasteiger partial charge in [0.2, 0.25) is 5.91 Å². The number of aryl methyl sites for hydroxylation is 1. The molecule has 1 aliphatic heterocycles. The molecular formula is C25H21N3O3. The van der Waals surface area contributed by atoms with Crippen molar-refractivity contribution in [2.45, 2.75) is 13.8 Å². The summed E-state index contributed by atoms with van der Waals surface area (Å²) in [4.78, 5) is 39.2. The SMILES string of the molecule is CC(=O)Nc1ccc(NC2=C(c3ccccc3)C(=O)N(c3ccccc3C)C2=O)cc1. The van der Waals surface area contributed by atoms with Gasteiger partial charge in [0, 0.05) is 18.3 Å². The zero-order valence-electron chi connectivity index (χ0n) is 17.2. The van der Waals surface area contributed by atoms with Gasteiger partial charge in [-0.25, -0.2) is 4.90 Å². The van der Waals surface area contributed by atoms with Gasteiger partial charge in [0.25, 0.3) is 11.8 Å². The standard InChI is InChI=1S/C25H21N3O3/c1-16-8-6-7-11-21(16)28-24(30)22(18-9-4-3-5-10-18)23(25(28)31)27-20-14-12-19(13-15-20)26-17(2)29/h3-15,27H,1-2H3,(H,26,29). The lowest BCUT2D eigenvalue weighted by Gasteiger charge is -2.17. The molecule has 0 aromatic heterocycles. The number of hydrogen-bond acceptors (Lipinski definition) is 4. The van der Waals surface area contributed by atoms with Gasteiger partial charge in [-0.1, -0.05) is 48.5 Å². The van der Waals surface area contributed by atoms with Crippen molar-refractivity contribution in [2.24, 2.45) is 0 Å². The summed E-state index contributed by atoms with van der Waals surface area (Å²) in [5.41, 5.74) is 3.86. The van der Waals surface area contributed by atoms with Crippen molar-refractivity contribution >= 4 is 40.4 Å². The number of carbonyl (C=O) groups excluding carboxylic acids is 3. The molecule has 0 fully saturated rings. The summed E-state index contributed by atoms with van der Waals surface area (Å²) in [6, 6.07) is 23.4. The fourth-order valence-corrected chi connectivity index (χ4v) is 3.54. The molecule has 0 bridgehead atoms. The maximum atomic E-state index is 13.4. The van der Waals surface area contributed by atoms with Gasteiger partial charge in [-0.05, 0) is 48.4 Å². The van der Waals surface area contributed by atoms with Crippen LogP contribution in [0.2, 0.25) is 0 Å². The first-order valence-electron chi connectivity index (χ1n) is 9.84. The van der Waals surface area contributed by atoms with Gasteiger partial charge in [-0.2, -0.15) is 0 Å². The third kappa shape index (κ3) is 3.96. The van der Waals surface area contributed by atoms with E-state index in [1.165, 1.54) is 11.8 Å². The van der Waals surface area contributed by atoms with E-state index in [1.54, 1.807) is 36.4 Å². The number of hydrogen-bond donors (Lipinski definition) is 2. The minimum atomic E-state index is -0.413. The number of benzene rings is 3. The summed E-state index contributed by atoms with van der Waals surface area (Å²) < 4.78 is 0. The van der Waals surface area contributed by atoms with Crippen LogP contribution in [0.15, 0.2) is 84.6 Å². The van der Waals surface area contributed by atoms with E-state index in [9.17, 15) is 14.4 Å². The van der Waals surface area contributed by atoms with Gasteiger partial charge in [-0.15, -0.1) is 0 Å². The average molecular weight is 411 g/mol. The van der Waals surface area contributed by atoms with Crippen LogP contribution in [0.4, 0.5) is 17.1 Å². The predicted molar refractivity (Wildman–Crippen MR) is 121 cm³/mol. The average Bonchev–Trinajstić information content (AvgIpc) is 3.00. The topological polar surface area (TPSA) is 78.5 Å². The largest absolute Gasteiger partial charge is 0.350 e. The van der Waals surface area contributed by atoms with Crippen molar-refractivity contribution < 1.29 is 14.4 Å². The predicted octanol–water partition coefficient (Wildman–Crippen LogP) is 4.35. The molecule has 154 valence electrons. The van der Waals surface area contributed by atoms with Crippen LogP contribution in [0.3, 0.4) is 0 Å². The maximum Gasteiger partial charge on any atom is 0.282 e. The monoisotopic (exact) mass is 411 g/mol. The number of rotatable bonds is 5. The van der Waals surface area contributed by atoms with E-state index in [4.69, 9.17) is 0 Å². The molecule has 0 radical (unpaired) electrons. The minimum Gasteiger partial charge on any atom is -0.350 e. The van der Waals surface area contributed by atoms with E-state index < -0.39 is 5.91 Å². The van der Waals surface area contributed by atoms with E-state index in [0.29, 0.717) is 28.2 Å². The Labute approximate surface area is 180 Å². The molecule has 1 heterocycles. The third-order valence-electron chi connectivity index (χ3n) is 4.98. The summed E-state index contributed by atoms with van der Waals surface area (Å²) in [7, 11) is 0. The summed E-state index contributed by atoms with van der Waals surface area (Å²) in [5, 5.41) is 5.83. The highest BCUT2D eigenvalue weighted by molar-refractivity contribution is 6.46. The fourth-order valence-electron chi connectivity index (χ4n) is 3.54. The second kappa shape index (κ2) is 8.28. The molecule has 0 unspecified atom stereocenters. The number of carbonyl (C=O) groups is 3. The Morgan fingerprint density at radius 3 is 2.03 bits per heavy atom. The molecule has 0 atom stereocenters. The molecule has 1 aliphatic rings. The number of anilines is 3. The van der Waals surface area contributed by atoms with Crippen LogP contribution in [0, 0.1) is 6.92 Å². The highest BCUT2D eigenvalue weighted by Crippen LogP contribution is 2.35. The lowest BCUT2D eigenvalue weighted by Crippen LogP contribution is -2.33. The third-order valence-corrected chi connectivity index (χ3v) is 4.98. The molecule has 6 nitrogen and oxygen atoms in total. The fraction of sp³-hybridized carbons (Fsp3) is 0.0800. The Morgan fingerprint density at radius 1 is 0.774 bits per heavy atom. The van der Waals surface area contributed by atoms with Gasteiger partial charge >= 0.3 is 0 Å². The number of para-hydroxylation sites is 1. The molecule has 3 aromatic rings. The Morgan fingerprint density at radius 2 is 1.39 bits per heavy atom. The van der Waals surface area contributed by atoms with Crippen molar-refractivity contribution in [1.29, 1.82) is 0 Å². The smallest absolute Gasteiger partial charge is 0.282 e. The van der Waals surface area contributed by atoms with Gasteiger partial charge in [-0.3, -0.25) is 14.4 Å². The highest BCUT2D eigenvalue weighted by Gasteiger charge is 2.40. The van der Waals surface area contributed by atoms with Crippen LogP contribution in [0.25, 0.3) is 5.57 Å². The zero-order chi connectivity index (χ0) is 22.0.